The second-order valence-electron chi connectivity index (χ2n) is 5.27. The minimum Gasteiger partial charge on any atom is -0.314 e. The van der Waals surface area contributed by atoms with Gasteiger partial charge in [0.25, 0.3) is 5.91 Å². The van der Waals surface area contributed by atoms with Crippen molar-refractivity contribution in [3.8, 4) is 0 Å². The quantitative estimate of drug-likeness (QED) is 0.717. The topological polar surface area (TPSA) is 61.4 Å². The largest absolute Gasteiger partial charge is 0.314 e. The lowest BCUT2D eigenvalue weighted by atomic mass is 9.75. The van der Waals surface area contributed by atoms with Crippen molar-refractivity contribution in [1.82, 2.24) is 15.5 Å². The zero-order valence-corrected chi connectivity index (χ0v) is 12.3. The molecule has 2 N–H and O–H groups in total. The fourth-order valence-corrected chi connectivity index (χ4v) is 3.44. The molecule has 0 saturated carbocycles. The summed E-state index contributed by atoms with van der Waals surface area (Å²) < 4.78 is 0. The lowest BCUT2D eigenvalue weighted by molar-refractivity contribution is -0.129. The van der Waals surface area contributed by atoms with E-state index in [0.717, 1.165) is 38.2 Å². The van der Waals surface area contributed by atoms with Gasteiger partial charge >= 0.3 is 0 Å². The molecule has 0 aromatic rings. The fraction of sp³-hybridized carbons (Fsp3) is 0.571. The first-order valence-corrected chi connectivity index (χ1v) is 6.89. The van der Waals surface area contributed by atoms with E-state index in [2.05, 4.69) is 15.5 Å². The molecule has 3 rings (SSSR count). The summed E-state index contributed by atoms with van der Waals surface area (Å²) in [6.45, 7) is 5.32. The van der Waals surface area contributed by atoms with Crippen LogP contribution in [0.15, 0.2) is 23.8 Å². The van der Waals surface area contributed by atoms with Gasteiger partial charge in [0.15, 0.2) is 0 Å². The van der Waals surface area contributed by atoms with Gasteiger partial charge in [-0.1, -0.05) is 30.7 Å². The van der Waals surface area contributed by atoms with Crippen LogP contribution in [0.5, 0.6) is 0 Å². The van der Waals surface area contributed by atoms with E-state index in [-0.39, 0.29) is 30.1 Å². The lowest BCUT2D eigenvalue weighted by Crippen LogP contribution is -2.62. The van der Waals surface area contributed by atoms with Crippen LogP contribution in [0.25, 0.3) is 0 Å². The average molecular weight is 298 g/mol. The van der Waals surface area contributed by atoms with E-state index >= 15 is 0 Å². The fourth-order valence-electron chi connectivity index (χ4n) is 3.44. The van der Waals surface area contributed by atoms with E-state index in [4.69, 9.17) is 0 Å². The van der Waals surface area contributed by atoms with Crippen molar-refractivity contribution in [2.75, 3.05) is 26.2 Å². The number of halogens is 1. The van der Waals surface area contributed by atoms with Crippen LogP contribution in [0.1, 0.15) is 13.3 Å². The molecule has 2 fully saturated rings. The maximum Gasteiger partial charge on any atom is 0.252 e. The van der Waals surface area contributed by atoms with E-state index in [9.17, 15) is 9.59 Å². The molecule has 0 aromatic carbocycles. The first kappa shape index (κ1) is 15.2. The predicted molar refractivity (Wildman–Crippen MR) is 78.6 cm³/mol. The normalized spacial score (nSPS) is 33.2. The second-order valence-corrected chi connectivity index (χ2v) is 5.27. The van der Waals surface area contributed by atoms with Gasteiger partial charge in [-0.25, -0.2) is 0 Å². The van der Waals surface area contributed by atoms with Crippen LogP contribution in [-0.2, 0) is 9.59 Å². The average Bonchev–Trinajstić information content (AvgIpc) is 2.72. The van der Waals surface area contributed by atoms with Crippen molar-refractivity contribution >= 4 is 24.2 Å². The molecule has 20 heavy (non-hydrogen) atoms. The highest BCUT2D eigenvalue weighted by Gasteiger charge is 2.58. The number of imide groups is 1. The Kier molecular flexibility index (Phi) is 4.32. The van der Waals surface area contributed by atoms with Crippen LogP contribution in [0.4, 0.5) is 0 Å². The van der Waals surface area contributed by atoms with Gasteiger partial charge in [0, 0.05) is 26.2 Å². The highest BCUT2D eigenvalue weighted by Crippen LogP contribution is 2.40. The Hall–Kier alpha value is -1.17. The minimum absolute atomic E-state index is 0. The Morgan fingerprint density at radius 3 is 2.70 bits per heavy atom. The number of carbonyl (C=O) groups is 2. The molecule has 110 valence electrons. The molecule has 0 spiro atoms. The Labute approximate surface area is 124 Å². The first-order chi connectivity index (χ1) is 9.20. The third-order valence-electron chi connectivity index (χ3n) is 4.38. The van der Waals surface area contributed by atoms with Crippen LogP contribution >= 0.6 is 12.4 Å². The van der Waals surface area contributed by atoms with Crippen molar-refractivity contribution in [2.45, 2.75) is 18.9 Å². The number of allylic oxidation sites excluding steroid dienone is 2. The number of fused-ring (bicyclic) bond motifs is 1. The molecule has 3 aliphatic rings. The molecule has 0 radical (unpaired) electrons. The highest BCUT2D eigenvalue weighted by molar-refractivity contribution is 6.12. The summed E-state index contributed by atoms with van der Waals surface area (Å²) >= 11 is 0. The van der Waals surface area contributed by atoms with Crippen molar-refractivity contribution in [1.29, 1.82) is 0 Å². The zero-order valence-electron chi connectivity index (χ0n) is 11.5. The van der Waals surface area contributed by atoms with Crippen LogP contribution in [0.2, 0.25) is 0 Å². The molecule has 5 nitrogen and oxygen atoms in total. The number of piperazine rings is 1. The third-order valence-corrected chi connectivity index (χ3v) is 4.38. The van der Waals surface area contributed by atoms with Crippen molar-refractivity contribution in [3.63, 3.8) is 0 Å². The van der Waals surface area contributed by atoms with Crippen molar-refractivity contribution < 1.29 is 9.59 Å². The second kappa shape index (κ2) is 5.68. The van der Waals surface area contributed by atoms with E-state index in [1.54, 1.807) is 0 Å². The van der Waals surface area contributed by atoms with E-state index < -0.39 is 5.54 Å². The SMILES string of the molecule is CCC1=CC=CC2(N3CCNCC3)C(=O)NC(=O)C12.Cl. The maximum absolute atomic E-state index is 12.4. The third kappa shape index (κ3) is 2.01. The van der Waals surface area contributed by atoms with Crippen LogP contribution in [-0.4, -0.2) is 48.4 Å². The van der Waals surface area contributed by atoms with Gasteiger partial charge in [-0.2, -0.15) is 0 Å². The summed E-state index contributed by atoms with van der Waals surface area (Å²) in [4.78, 5) is 26.8. The molecule has 2 aliphatic heterocycles. The number of rotatable bonds is 2. The van der Waals surface area contributed by atoms with Crippen molar-refractivity contribution in [2.24, 2.45) is 5.92 Å². The van der Waals surface area contributed by atoms with Gasteiger partial charge in [-0.15, -0.1) is 12.4 Å². The van der Waals surface area contributed by atoms with Crippen LogP contribution in [0, 0.1) is 5.92 Å². The summed E-state index contributed by atoms with van der Waals surface area (Å²) in [5.74, 6) is -0.672. The minimum atomic E-state index is -0.792. The maximum atomic E-state index is 12.4. The first-order valence-electron chi connectivity index (χ1n) is 6.89. The Morgan fingerprint density at radius 1 is 1.35 bits per heavy atom. The lowest BCUT2D eigenvalue weighted by Gasteiger charge is -2.43. The highest BCUT2D eigenvalue weighted by atomic mass is 35.5. The molecule has 1 aliphatic carbocycles. The summed E-state index contributed by atoms with van der Waals surface area (Å²) in [7, 11) is 0. The standard InChI is InChI=1S/C14H19N3O2.ClH/c1-2-10-4-3-5-14(17-8-6-15-7-9-17)11(10)12(18)16-13(14)19;/h3-5,11,15H,2,6-9H2,1H3,(H,16,18,19);1H. The Morgan fingerprint density at radius 2 is 2.05 bits per heavy atom. The summed E-state index contributed by atoms with van der Waals surface area (Å²) in [6, 6.07) is 0. The van der Waals surface area contributed by atoms with E-state index in [1.807, 2.05) is 25.2 Å². The molecule has 2 amide bonds. The number of nitrogens with zero attached hydrogens (tertiary/aromatic N) is 1. The van der Waals surface area contributed by atoms with Gasteiger partial charge in [-0.05, 0) is 6.42 Å². The molecule has 2 unspecified atom stereocenters. The molecule has 2 saturated heterocycles. The van der Waals surface area contributed by atoms with Gasteiger partial charge < -0.3 is 5.32 Å². The summed E-state index contributed by atoms with van der Waals surface area (Å²) in [5.41, 5.74) is 0.253. The molecule has 6 heteroatoms. The van der Waals surface area contributed by atoms with E-state index in [0.29, 0.717) is 0 Å². The summed E-state index contributed by atoms with van der Waals surface area (Å²) in [6.07, 6.45) is 6.60. The number of nitrogens with one attached hydrogen (secondary N) is 2. The number of hydrogen-bond acceptors (Lipinski definition) is 4. The van der Waals surface area contributed by atoms with Crippen LogP contribution < -0.4 is 10.6 Å². The van der Waals surface area contributed by atoms with Crippen molar-refractivity contribution in [3.05, 3.63) is 23.8 Å². The van der Waals surface area contributed by atoms with Gasteiger partial charge in [0.05, 0.1) is 5.92 Å². The molecular weight excluding hydrogens is 278 g/mol. The number of carbonyl (C=O) groups excluding carboxylic acids is 2. The smallest absolute Gasteiger partial charge is 0.252 e. The number of hydrogen-bond donors (Lipinski definition) is 2. The monoisotopic (exact) mass is 297 g/mol. The predicted octanol–water partition coefficient (Wildman–Crippen LogP) is 0.231. The molecule has 2 heterocycles. The van der Waals surface area contributed by atoms with Gasteiger partial charge in [-0.3, -0.25) is 19.8 Å². The summed E-state index contributed by atoms with van der Waals surface area (Å²) in [5, 5.41) is 5.81. The van der Waals surface area contributed by atoms with Gasteiger partial charge in [0.1, 0.15) is 5.54 Å². The molecule has 0 bridgehead atoms. The Bertz CT molecular complexity index is 483. The van der Waals surface area contributed by atoms with E-state index in [1.165, 1.54) is 0 Å². The van der Waals surface area contributed by atoms with Crippen LogP contribution in [0.3, 0.4) is 0 Å². The molecule has 0 aromatic heterocycles. The zero-order chi connectivity index (χ0) is 13.5. The Balaban J connectivity index is 0.00000147. The van der Waals surface area contributed by atoms with Gasteiger partial charge in [0.2, 0.25) is 5.91 Å². The molecular formula is C14H20ClN3O2. The molecule has 2 atom stereocenters. The number of amides is 2.